The number of aryl methyl sites for hydroxylation is 1. The minimum absolute atomic E-state index is 0.0213. The van der Waals surface area contributed by atoms with Crippen molar-refractivity contribution in [2.45, 2.75) is 69.5 Å². The second kappa shape index (κ2) is 14.1. The fourth-order valence-electron chi connectivity index (χ4n) is 5.11. The number of benzene rings is 3. The molecule has 2 amide bonds. The summed E-state index contributed by atoms with van der Waals surface area (Å²) in [4.78, 5) is 29.2. The van der Waals surface area contributed by atoms with Crippen LogP contribution < -0.4 is 9.62 Å². The molecule has 3 aromatic rings. The number of carbonyl (C=O) groups excluding carboxylic acids is 2. The van der Waals surface area contributed by atoms with Crippen LogP contribution in [0.3, 0.4) is 0 Å². The summed E-state index contributed by atoms with van der Waals surface area (Å²) >= 11 is 19.0. The SMILES string of the molecule is CC[C@H](C(=O)NC1CCCC1)N(Cc1c(Cl)cccc1Cl)C(=O)CN(c1ccc(C)cc1)S(=O)(=O)c1ccc(Cl)cc1. The van der Waals surface area contributed by atoms with Crippen molar-refractivity contribution in [2.24, 2.45) is 0 Å². The normalized spacial score (nSPS) is 14.4. The molecule has 42 heavy (non-hydrogen) atoms. The van der Waals surface area contributed by atoms with Crippen molar-refractivity contribution in [3.8, 4) is 0 Å². The van der Waals surface area contributed by atoms with Crippen LogP contribution in [0.15, 0.2) is 71.6 Å². The molecule has 0 aliphatic heterocycles. The van der Waals surface area contributed by atoms with E-state index >= 15 is 0 Å². The quantitative estimate of drug-likeness (QED) is 0.242. The molecule has 0 radical (unpaired) electrons. The lowest BCUT2D eigenvalue weighted by atomic mass is 10.1. The van der Waals surface area contributed by atoms with Gasteiger partial charge in [-0.25, -0.2) is 8.42 Å². The third-order valence-electron chi connectivity index (χ3n) is 7.48. The minimum atomic E-state index is -4.20. The fourth-order valence-corrected chi connectivity index (χ4v) is 7.17. The highest BCUT2D eigenvalue weighted by Crippen LogP contribution is 2.29. The number of amides is 2. The van der Waals surface area contributed by atoms with E-state index in [2.05, 4.69) is 5.32 Å². The van der Waals surface area contributed by atoms with Crippen LogP contribution in [0.5, 0.6) is 0 Å². The number of nitrogens with one attached hydrogen (secondary N) is 1. The molecule has 3 aromatic carbocycles. The summed E-state index contributed by atoms with van der Waals surface area (Å²) in [5, 5.41) is 4.16. The predicted molar refractivity (Wildman–Crippen MR) is 169 cm³/mol. The molecular formula is C31H34Cl3N3O4S. The zero-order valence-corrected chi connectivity index (χ0v) is 26.6. The third kappa shape index (κ3) is 7.59. The van der Waals surface area contributed by atoms with Crippen molar-refractivity contribution in [1.82, 2.24) is 10.2 Å². The first-order valence-electron chi connectivity index (χ1n) is 13.9. The maximum atomic E-state index is 14.2. The van der Waals surface area contributed by atoms with Gasteiger partial charge >= 0.3 is 0 Å². The molecule has 0 bridgehead atoms. The van der Waals surface area contributed by atoms with E-state index in [0.29, 0.717) is 32.7 Å². The summed E-state index contributed by atoms with van der Waals surface area (Å²) in [6.45, 7) is 3.08. The van der Waals surface area contributed by atoms with Crippen molar-refractivity contribution in [3.05, 3.63) is 92.9 Å². The molecule has 0 aromatic heterocycles. The largest absolute Gasteiger partial charge is 0.352 e. The molecule has 4 rings (SSSR count). The van der Waals surface area contributed by atoms with Crippen molar-refractivity contribution in [1.29, 1.82) is 0 Å². The number of carbonyl (C=O) groups is 2. The zero-order chi connectivity index (χ0) is 30.4. The van der Waals surface area contributed by atoms with Gasteiger partial charge in [0.2, 0.25) is 11.8 Å². The van der Waals surface area contributed by atoms with Crippen LogP contribution in [-0.4, -0.2) is 43.8 Å². The number of sulfonamides is 1. The zero-order valence-electron chi connectivity index (χ0n) is 23.5. The second-order valence-corrected chi connectivity index (χ2v) is 13.6. The first-order chi connectivity index (χ1) is 20.0. The average Bonchev–Trinajstić information content (AvgIpc) is 3.47. The van der Waals surface area contributed by atoms with Crippen LogP contribution in [0, 0.1) is 6.92 Å². The Morgan fingerprint density at radius 1 is 0.929 bits per heavy atom. The lowest BCUT2D eigenvalue weighted by Gasteiger charge is -2.34. The van der Waals surface area contributed by atoms with E-state index in [1.54, 1.807) is 42.5 Å². The number of hydrogen-bond donors (Lipinski definition) is 1. The summed E-state index contributed by atoms with van der Waals surface area (Å²) in [6.07, 6.45) is 4.14. The molecule has 1 aliphatic carbocycles. The minimum Gasteiger partial charge on any atom is -0.352 e. The Kier molecular flexibility index (Phi) is 10.8. The van der Waals surface area contributed by atoms with E-state index in [1.807, 2.05) is 13.8 Å². The molecule has 1 atom stereocenters. The number of rotatable bonds is 11. The summed E-state index contributed by atoms with van der Waals surface area (Å²) in [7, 11) is -4.20. The predicted octanol–water partition coefficient (Wildman–Crippen LogP) is 7.02. The molecule has 0 saturated heterocycles. The standard InChI is InChI=1S/C31H34Cl3N3O4S/c1-3-29(31(39)35-23-7-4-5-8-23)36(19-26-27(33)9-6-10-28(26)34)30(38)20-37(24-15-11-21(2)12-16-24)42(40,41)25-17-13-22(32)14-18-25/h6,9-18,23,29H,3-5,7-8,19-20H2,1-2H3,(H,35,39)/t29-/m1/s1. The van der Waals surface area contributed by atoms with Crippen molar-refractivity contribution >= 4 is 62.3 Å². The summed E-state index contributed by atoms with van der Waals surface area (Å²) < 4.78 is 29.0. The number of nitrogens with zero attached hydrogens (tertiary/aromatic N) is 2. The van der Waals surface area contributed by atoms with E-state index in [-0.39, 0.29) is 23.4 Å². The second-order valence-electron chi connectivity index (χ2n) is 10.4. The highest BCUT2D eigenvalue weighted by molar-refractivity contribution is 7.92. The topological polar surface area (TPSA) is 86.8 Å². The van der Waals surface area contributed by atoms with E-state index in [0.717, 1.165) is 35.6 Å². The number of hydrogen-bond acceptors (Lipinski definition) is 4. The Bertz CT molecular complexity index is 1490. The molecular weight excluding hydrogens is 617 g/mol. The van der Waals surface area contributed by atoms with Gasteiger partial charge in [0.1, 0.15) is 12.6 Å². The van der Waals surface area contributed by atoms with Gasteiger partial charge in [-0.15, -0.1) is 0 Å². The summed E-state index contributed by atoms with van der Waals surface area (Å²) in [5.74, 6) is -0.860. The first kappa shape index (κ1) is 32.1. The van der Waals surface area contributed by atoms with Gasteiger partial charge < -0.3 is 10.2 Å². The van der Waals surface area contributed by atoms with Gasteiger partial charge in [-0.1, -0.05) is 78.3 Å². The Labute approximate surface area is 262 Å². The monoisotopic (exact) mass is 649 g/mol. The van der Waals surface area contributed by atoms with E-state index in [4.69, 9.17) is 34.8 Å². The third-order valence-corrected chi connectivity index (χ3v) is 10.2. The summed E-state index contributed by atoms with van der Waals surface area (Å²) in [6, 6.07) is 16.8. The Balaban J connectivity index is 1.74. The van der Waals surface area contributed by atoms with Gasteiger partial charge in [-0.2, -0.15) is 0 Å². The van der Waals surface area contributed by atoms with Gasteiger partial charge in [0.15, 0.2) is 0 Å². The van der Waals surface area contributed by atoms with Gasteiger partial charge in [-0.05, 0) is 74.7 Å². The molecule has 1 saturated carbocycles. The van der Waals surface area contributed by atoms with Gasteiger partial charge in [-0.3, -0.25) is 13.9 Å². The molecule has 11 heteroatoms. The fraction of sp³-hybridized carbons (Fsp3) is 0.355. The van der Waals surface area contributed by atoms with Crippen LogP contribution >= 0.6 is 34.8 Å². The maximum absolute atomic E-state index is 14.2. The molecule has 224 valence electrons. The van der Waals surface area contributed by atoms with Crippen LogP contribution in [0.25, 0.3) is 0 Å². The highest BCUT2D eigenvalue weighted by Gasteiger charge is 2.35. The molecule has 0 heterocycles. The van der Waals surface area contributed by atoms with Gasteiger partial charge in [0.25, 0.3) is 10.0 Å². The Hall–Kier alpha value is -2.78. The molecule has 1 N–H and O–H groups in total. The van der Waals surface area contributed by atoms with Gasteiger partial charge in [0, 0.05) is 33.2 Å². The smallest absolute Gasteiger partial charge is 0.264 e. The average molecular weight is 651 g/mol. The lowest BCUT2D eigenvalue weighted by molar-refractivity contribution is -0.140. The molecule has 1 fully saturated rings. The highest BCUT2D eigenvalue weighted by atomic mass is 35.5. The molecule has 1 aliphatic rings. The molecule has 0 unspecified atom stereocenters. The van der Waals surface area contributed by atoms with Crippen LogP contribution in [0.4, 0.5) is 5.69 Å². The Morgan fingerprint density at radius 2 is 1.52 bits per heavy atom. The van der Waals surface area contributed by atoms with Crippen LogP contribution in [-0.2, 0) is 26.2 Å². The van der Waals surface area contributed by atoms with Crippen LogP contribution in [0.2, 0.25) is 15.1 Å². The lowest BCUT2D eigenvalue weighted by Crippen LogP contribution is -2.53. The van der Waals surface area contributed by atoms with E-state index in [9.17, 15) is 18.0 Å². The first-order valence-corrected chi connectivity index (χ1v) is 16.5. The van der Waals surface area contributed by atoms with E-state index < -0.39 is 28.5 Å². The molecule has 0 spiro atoms. The van der Waals surface area contributed by atoms with Gasteiger partial charge in [0.05, 0.1) is 10.6 Å². The number of halogens is 3. The van der Waals surface area contributed by atoms with E-state index in [1.165, 1.54) is 29.2 Å². The van der Waals surface area contributed by atoms with Crippen LogP contribution in [0.1, 0.15) is 50.2 Å². The number of anilines is 1. The van der Waals surface area contributed by atoms with Crippen molar-refractivity contribution in [3.63, 3.8) is 0 Å². The Morgan fingerprint density at radius 3 is 2.10 bits per heavy atom. The van der Waals surface area contributed by atoms with Crippen molar-refractivity contribution in [2.75, 3.05) is 10.8 Å². The summed E-state index contributed by atoms with van der Waals surface area (Å²) in [5.41, 5.74) is 1.71. The van der Waals surface area contributed by atoms with Crippen molar-refractivity contribution < 1.29 is 18.0 Å². The maximum Gasteiger partial charge on any atom is 0.264 e. The molecule has 7 nitrogen and oxygen atoms in total.